The minimum atomic E-state index is -0.207. The minimum Gasteiger partial charge on any atom is -0.314 e. The van der Waals surface area contributed by atoms with Gasteiger partial charge in [-0.15, -0.1) is 0 Å². The molecule has 0 bridgehead atoms. The standard InChI is InChI=1S/C16H20BrNO/c1-18-13-8-4-6-12-7-5-10-16(14(12)13,15(18)19)9-2-3-11-17/h4,6,8H,2-3,5,7,9-11H2,1H3/t16-/m1/s1. The summed E-state index contributed by atoms with van der Waals surface area (Å²) in [6, 6.07) is 6.41. The smallest absolute Gasteiger partial charge is 0.237 e. The Morgan fingerprint density at radius 3 is 3.00 bits per heavy atom. The van der Waals surface area contributed by atoms with Crippen molar-refractivity contribution in [2.75, 3.05) is 17.3 Å². The molecule has 1 heterocycles. The van der Waals surface area contributed by atoms with Gasteiger partial charge < -0.3 is 4.90 Å². The van der Waals surface area contributed by atoms with Crippen LogP contribution in [0.4, 0.5) is 5.69 Å². The molecule has 2 aliphatic rings. The number of carbonyl (C=O) groups is 1. The van der Waals surface area contributed by atoms with Gasteiger partial charge in [-0.05, 0) is 49.3 Å². The molecule has 102 valence electrons. The highest BCUT2D eigenvalue weighted by molar-refractivity contribution is 9.09. The number of anilines is 1. The number of benzene rings is 1. The molecule has 2 nitrogen and oxygen atoms in total. The molecular formula is C16H20BrNO. The molecule has 0 radical (unpaired) electrons. The second-order valence-electron chi connectivity index (χ2n) is 5.76. The fourth-order valence-corrected chi connectivity index (χ4v) is 4.25. The highest BCUT2D eigenvalue weighted by Crippen LogP contribution is 2.51. The zero-order valence-electron chi connectivity index (χ0n) is 11.4. The second-order valence-corrected chi connectivity index (χ2v) is 6.55. The van der Waals surface area contributed by atoms with E-state index in [1.54, 1.807) is 0 Å². The maximum Gasteiger partial charge on any atom is 0.237 e. The van der Waals surface area contributed by atoms with Gasteiger partial charge >= 0.3 is 0 Å². The Bertz CT molecular complexity index is 513. The third-order valence-corrected chi connectivity index (χ3v) is 5.28. The van der Waals surface area contributed by atoms with Crippen molar-refractivity contribution in [3.8, 4) is 0 Å². The van der Waals surface area contributed by atoms with Gasteiger partial charge in [0.2, 0.25) is 5.91 Å². The van der Waals surface area contributed by atoms with Crippen molar-refractivity contribution in [3.05, 3.63) is 29.3 Å². The lowest BCUT2D eigenvalue weighted by Crippen LogP contribution is -2.40. The second kappa shape index (κ2) is 4.93. The number of hydrogen-bond acceptors (Lipinski definition) is 1. The molecule has 1 aliphatic heterocycles. The summed E-state index contributed by atoms with van der Waals surface area (Å²) in [6.07, 6.45) is 6.58. The van der Waals surface area contributed by atoms with Crippen molar-refractivity contribution in [2.45, 2.75) is 43.9 Å². The van der Waals surface area contributed by atoms with Crippen LogP contribution in [0.2, 0.25) is 0 Å². The van der Waals surface area contributed by atoms with Crippen LogP contribution in [-0.2, 0) is 16.6 Å². The van der Waals surface area contributed by atoms with E-state index in [0.29, 0.717) is 5.91 Å². The monoisotopic (exact) mass is 321 g/mol. The van der Waals surface area contributed by atoms with E-state index in [0.717, 1.165) is 49.5 Å². The number of halogens is 1. The molecule has 3 rings (SSSR count). The van der Waals surface area contributed by atoms with Crippen LogP contribution in [0.5, 0.6) is 0 Å². The molecule has 1 aromatic rings. The summed E-state index contributed by atoms with van der Waals surface area (Å²) in [5.74, 6) is 0.323. The van der Waals surface area contributed by atoms with Gasteiger partial charge in [-0.3, -0.25) is 4.79 Å². The highest BCUT2D eigenvalue weighted by atomic mass is 79.9. The molecule has 19 heavy (non-hydrogen) atoms. The Morgan fingerprint density at radius 2 is 2.21 bits per heavy atom. The van der Waals surface area contributed by atoms with Gasteiger partial charge in [0.05, 0.1) is 5.41 Å². The molecule has 1 aliphatic carbocycles. The fraction of sp³-hybridized carbons (Fsp3) is 0.562. The van der Waals surface area contributed by atoms with Gasteiger partial charge in [-0.1, -0.05) is 34.5 Å². The number of nitrogens with zero attached hydrogens (tertiary/aromatic N) is 1. The molecule has 0 unspecified atom stereocenters. The third kappa shape index (κ3) is 1.85. The molecule has 1 aromatic carbocycles. The van der Waals surface area contributed by atoms with Crippen LogP contribution in [0, 0.1) is 0 Å². The van der Waals surface area contributed by atoms with Gasteiger partial charge in [0, 0.05) is 18.1 Å². The first-order valence-corrected chi connectivity index (χ1v) is 8.29. The highest BCUT2D eigenvalue weighted by Gasteiger charge is 2.51. The van der Waals surface area contributed by atoms with Gasteiger partial charge in [0.25, 0.3) is 0 Å². The summed E-state index contributed by atoms with van der Waals surface area (Å²) in [7, 11) is 1.93. The van der Waals surface area contributed by atoms with Gasteiger partial charge in [0.15, 0.2) is 0 Å². The number of hydrogen-bond donors (Lipinski definition) is 0. The van der Waals surface area contributed by atoms with Crippen LogP contribution in [-0.4, -0.2) is 18.3 Å². The lowest BCUT2D eigenvalue weighted by molar-refractivity contribution is -0.123. The number of rotatable bonds is 4. The maximum atomic E-state index is 12.8. The zero-order valence-corrected chi connectivity index (χ0v) is 13.0. The lowest BCUT2D eigenvalue weighted by Gasteiger charge is -2.33. The first-order chi connectivity index (χ1) is 9.20. The fourth-order valence-electron chi connectivity index (χ4n) is 3.86. The number of aryl methyl sites for hydroxylation is 1. The Kier molecular flexibility index (Phi) is 3.42. The maximum absolute atomic E-state index is 12.8. The molecular weight excluding hydrogens is 302 g/mol. The molecule has 0 spiro atoms. The normalized spacial score (nSPS) is 24.7. The van der Waals surface area contributed by atoms with E-state index in [1.165, 1.54) is 11.1 Å². The van der Waals surface area contributed by atoms with E-state index in [1.807, 2.05) is 11.9 Å². The number of carbonyl (C=O) groups excluding carboxylic acids is 1. The van der Waals surface area contributed by atoms with E-state index in [9.17, 15) is 4.79 Å². The largest absolute Gasteiger partial charge is 0.314 e. The summed E-state index contributed by atoms with van der Waals surface area (Å²) in [4.78, 5) is 14.7. The van der Waals surface area contributed by atoms with Crippen LogP contribution >= 0.6 is 15.9 Å². The van der Waals surface area contributed by atoms with Gasteiger partial charge in [-0.25, -0.2) is 0 Å². The zero-order chi connectivity index (χ0) is 13.5. The van der Waals surface area contributed by atoms with E-state index in [4.69, 9.17) is 0 Å². The topological polar surface area (TPSA) is 20.3 Å². The molecule has 0 aromatic heterocycles. The molecule has 1 amide bonds. The van der Waals surface area contributed by atoms with Crippen LogP contribution in [0.25, 0.3) is 0 Å². The summed E-state index contributed by atoms with van der Waals surface area (Å²) >= 11 is 3.49. The predicted molar refractivity (Wildman–Crippen MR) is 82.1 cm³/mol. The van der Waals surface area contributed by atoms with Crippen LogP contribution < -0.4 is 4.90 Å². The number of amides is 1. The average molecular weight is 322 g/mol. The average Bonchev–Trinajstić information content (AvgIpc) is 2.65. The van der Waals surface area contributed by atoms with E-state index >= 15 is 0 Å². The summed E-state index contributed by atoms with van der Waals surface area (Å²) in [5, 5.41) is 1.03. The van der Waals surface area contributed by atoms with E-state index in [2.05, 4.69) is 34.1 Å². The quantitative estimate of drug-likeness (QED) is 0.610. The Labute approximate surface area is 123 Å². The Hall–Kier alpha value is -0.830. The van der Waals surface area contributed by atoms with Crippen LogP contribution in [0.15, 0.2) is 18.2 Å². The van der Waals surface area contributed by atoms with Crippen LogP contribution in [0.3, 0.4) is 0 Å². The van der Waals surface area contributed by atoms with Crippen molar-refractivity contribution < 1.29 is 4.79 Å². The number of unbranched alkanes of at least 4 members (excludes halogenated alkanes) is 1. The van der Waals surface area contributed by atoms with Crippen LogP contribution in [0.1, 0.15) is 43.2 Å². The number of alkyl halides is 1. The summed E-state index contributed by atoms with van der Waals surface area (Å²) < 4.78 is 0. The lowest BCUT2D eigenvalue weighted by atomic mass is 9.68. The molecule has 0 saturated heterocycles. The Balaban J connectivity index is 2.05. The van der Waals surface area contributed by atoms with E-state index in [-0.39, 0.29) is 5.41 Å². The van der Waals surface area contributed by atoms with Crippen molar-refractivity contribution in [1.29, 1.82) is 0 Å². The molecule has 0 saturated carbocycles. The molecule has 0 N–H and O–H groups in total. The van der Waals surface area contributed by atoms with E-state index < -0.39 is 0 Å². The van der Waals surface area contributed by atoms with Gasteiger partial charge in [-0.2, -0.15) is 0 Å². The first-order valence-electron chi connectivity index (χ1n) is 7.17. The van der Waals surface area contributed by atoms with Crippen molar-refractivity contribution in [1.82, 2.24) is 0 Å². The molecule has 3 heteroatoms. The third-order valence-electron chi connectivity index (χ3n) is 4.72. The van der Waals surface area contributed by atoms with Crippen molar-refractivity contribution in [2.24, 2.45) is 0 Å². The molecule has 1 atom stereocenters. The minimum absolute atomic E-state index is 0.207. The SMILES string of the molecule is CN1C(=O)[C@]2(CCCCBr)CCCc3cccc1c32. The Morgan fingerprint density at radius 1 is 1.37 bits per heavy atom. The summed E-state index contributed by atoms with van der Waals surface area (Å²) in [6.45, 7) is 0. The summed E-state index contributed by atoms with van der Waals surface area (Å²) in [5.41, 5.74) is 3.70. The molecule has 0 fully saturated rings. The van der Waals surface area contributed by atoms with Crippen molar-refractivity contribution >= 4 is 27.5 Å². The predicted octanol–water partition coefficient (Wildman–Crippen LogP) is 3.80. The number of likely N-dealkylation sites (N-methyl/N-ethyl adjacent to an activating group) is 1. The van der Waals surface area contributed by atoms with Gasteiger partial charge in [0.1, 0.15) is 0 Å². The van der Waals surface area contributed by atoms with Crippen molar-refractivity contribution in [3.63, 3.8) is 0 Å². The first kappa shape index (κ1) is 13.2.